The molecule has 8 heteroatoms. The lowest BCUT2D eigenvalue weighted by atomic mass is 10.0. The second-order valence-corrected chi connectivity index (χ2v) is 8.32. The van der Waals surface area contributed by atoms with Gasteiger partial charge in [0.1, 0.15) is 0 Å². The fraction of sp³-hybridized carbons (Fsp3) is 0.333. The van der Waals surface area contributed by atoms with Crippen molar-refractivity contribution in [2.24, 2.45) is 0 Å². The minimum atomic E-state index is -0.766. The Kier molecular flexibility index (Phi) is 7.64. The van der Waals surface area contributed by atoms with E-state index in [1.165, 1.54) is 5.56 Å². The Labute approximate surface area is 192 Å². The second kappa shape index (κ2) is 10.4. The number of esters is 1. The number of aromatic nitrogens is 3. The molecule has 1 aromatic carbocycles. The summed E-state index contributed by atoms with van der Waals surface area (Å²) in [7, 11) is 0. The van der Waals surface area contributed by atoms with Gasteiger partial charge >= 0.3 is 5.97 Å². The van der Waals surface area contributed by atoms with Gasteiger partial charge in [0.2, 0.25) is 0 Å². The number of benzene rings is 1. The highest BCUT2D eigenvalue weighted by Gasteiger charge is 2.18. The number of nitrogens with one attached hydrogen (secondary N) is 1. The number of aryl methyl sites for hydroxylation is 2. The average molecular weight is 455 g/mol. The molecule has 32 heavy (non-hydrogen) atoms. The lowest BCUT2D eigenvalue weighted by molar-refractivity contribution is -0.124. The summed E-state index contributed by atoms with van der Waals surface area (Å²) in [5.74, 6) is -0.226. The summed E-state index contributed by atoms with van der Waals surface area (Å²) in [5.41, 5.74) is 4.04. The van der Waals surface area contributed by atoms with Crippen molar-refractivity contribution in [1.82, 2.24) is 20.1 Å². The van der Waals surface area contributed by atoms with Crippen molar-refractivity contribution in [3.8, 4) is 5.82 Å². The van der Waals surface area contributed by atoms with E-state index in [1.54, 1.807) is 16.8 Å². The lowest BCUT2D eigenvalue weighted by Crippen LogP contribution is -2.30. The van der Waals surface area contributed by atoms with E-state index in [0.717, 1.165) is 17.0 Å². The predicted octanol–water partition coefficient (Wildman–Crippen LogP) is 4.18. The molecule has 0 fully saturated rings. The Morgan fingerprint density at radius 3 is 2.47 bits per heavy atom. The van der Waals surface area contributed by atoms with Crippen LogP contribution in [-0.4, -0.2) is 39.8 Å². The van der Waals surface area contributed by atoms with Crippen LogP contribution in [0, 0.1) is 13.8 Å². The van der Waals surface area contributed by atoms with E-state index in [9.17, 15) is 9.59 Å². The summed E-state index contributed by atoms with van der Waals surface area (Å²) in [6.45, 7) is 8.09. The summed E-state index contributed by atoms with van der Waals surface area (Å²) in [4.78, 5) is 28.8. The van der Waals surface area contributed by atoms with Gasteiger partial charge in [-0.1, -0.05) is 49.7 Å². The minimum absolute atomic E-state index is 0.0604. The van der Waals surface area contributed by atoms with Gasteiger partial charge in [-0.25, -0.2) is 14.5 Å². The van der Waals surface area contributed by atoms with Crippen LogP contribution in [0.15, 0.2) is 42.5 Å². The molecule has 3 rings (SSSR count). The number of hydrogen-bond donors (Lipinski definition) is 1. The number of ether oxygens (including phenoxy) is 1. The number of amides is 1. The van der Waals surface area contributed by atoms with Gasteiger partial charge in [0.05, 0.1) is 10.7 Å². The molecule has 0 aliphatic rings. The van der Waals surface area contributed by atoms with Crippen LogP contribution in [0.3, 0.4) is 0 Å². The maximum Gasteiger partial charge on any atom is 0.359 e. The molecule has 0 unspecified atom stereocenters. The van der Waals surface area contributed by atoms with Crippen LogP contribution in [-0.2, 0) is 16.0 Å². The first-order valence-electron chi connectivity index (χ1n) is 10.5. The van der Waals surface area contributed by atoms with Gasteiger partial charge in [-0.15, -0.1) is 0 Å². The van der Waals surface area contributed by atoms with E-state index in [2.05, 4.69) is 53.5 Å². The van der Waals surface area contributed by atoms with Gasteiger partial charge < -0.3 is 10.1 Å². The molecule has 0 spiro atoms. The molecule has 1 N–H and O–H groups in total. The van der Waals surface area contributed by atoms with Crippen molar-refractivity contribution in [1.29, 1.82) is 0 Å². The summed E-state index contributed by atoms with van der Waals surface area (Å²) in [5, 5.41) is 7.25. The third-order valence-electron chi connectivity index (χ3n) is 4.97. The fourth-order valence-corrected chi connectivity index (χ4v) is 3.40. The van der Waals surface area contributed by atoms with Crippen LogP contribution >= 0.6 is 11.6 Å². The van der Waals surface area contributed by atoms with E-state index in [0.29, 0.717) is 24.7 Å². The third-order valence-corrected chi connectivity index (χ3v) is 5.27. The van der Waals surface area contributed by atoms with Gasteiger partial charge in [0, 0.05) is 12.2 Å². The number of rotatable bonds is 8. The topological polar surface area (TPSA) is 86.1 Å². The molecule has 0 aliphatic heterocycles. The zero-order chi connectivity index (χ0) is 23.3. The molecule has 0 bridgehead atoms. The van der Waals surface area contributed by atoms with E-state index >= 15 is 0 Å². The third kappa shape index (κ3) is 5.95. The Balaban J connectivity index is 1.52. The molecule has 0 atom stereocenters. The van der Waals surface area contributed by atoms with Crippen LogP contribution in [0.4, 0.5) is 0 Å². The zero-order valence-corrected chi connectivity index (χ0v) is 19.4. The van der Waals surface area contributed by atoms with E-state index in [4.69, 9.17) is 16.3 Å². The van der Waals surface area contributed by atoms with Crippen molar-refractivity contribution in [2.45, 2.75) is 40.0 Å². The van der Waals surface area contributed by atoms with Crippen LogP contribution in [0.25, 0.3) is 5.82 Å². The van der Waals surface area contributed by atoms with Crippen LogP contribution < -0.4 is 5.32 Å². The molecule has 1 amide bonds. The van der Waals surface area contributed by atoms with Gasteiger partial charge in [0.25, 0.3) is 5.91 Å². The van der Waals surface area contributed by atoms with Crippen molar-refractivity contribution < 1.29 is 14.3 Å². The minimum Gasteiger partial charge on any atom is -0.451 e. The second-order valence-electron chi connectivity index (χ2n) is 7.91. The number of nitrogens with zero attached hydrogens (tertiary/aromatic N) is 3. The van der Waals surface area contributed by atoms with Crippen LogP contribution in [0.1, 0.15) is 52.8 Å². The molecule has 0 saturated carbocycles. The molecule has 7 nitrogen and oxygen atoms in total. The number of hydrogen-bond acceptors (Lipinski definition) is 5. The van der Waals surface area contributed by atoms with Crippen molar-refractivity contribution in [3.05, 3.63) is 75.7 Å². The smallest absolute Gasteiger partial charge is 0.359 e. The number of pyridine rings is 1. The van der Waals surface area contributed by atoms with Gasteiger partial charge in [-0.2, -0.15) is 5.10 Å². The molecule has 2 heterocycles. The summed E-state index contributed by atoms with van der Waals surface area (Å²) < 4.78 is 6.73. The first kappa shape index (κ1) is 23.5. The molecule has 0 radical (unpaired) electrons. The first-order valence-corrected chi connectivity index (χ1v) is 10.8. The SMILES string of the molecule is Cc1cc(C)n(-c2ccc(Cl)c(C(=O)OCC(=O)NCCc3ccc(C(C)C)cc3)n2)n1. The standard InChI is InChI=1S/C24H27ClN4O3/c1-15(2)19-7-5-18(6-8-19)11-12-26-22(30)14-32-24(31)23-20(25)9-10-21(27-23)29-17(4)13-16(3)28-29/h5-10,13,15H,11-12,14H2,1-4H3,(H,26,30). The molecular weight excluding hydrogens is 428 g/mol. The highest BCUT2D eigenvalue weighted by atomic mass is 35.5. The van der Waals surface area contributed by atoms with Gasteiger partial charge in [-0.3, -0.25) is 4.79 Å². The Hall–Kier alpha value is -3.19. The molecule has 0 saturated heterocycles. The Morgan fingerprint density at radius 2 is 1.84 bits per heavy atom. The number of carbonyl (C=O) groups excluding carboxylic acids is 2. The largest absolute Gasteiger partial charge is 0.451 e. The molecule has 2 aromatic heterocycles. The molecule has 0 aliphatic carbocycles. The first-order chi connectivity index (χ1) is 15.2. The normalized spacial score (nSPS) is 10.9. The fourth-order valence-electron chi connectivity index (χ4n) is 3.22. The predicted molar refractivity (Wildman–Crippen MR) is 123 cm³/mol. The van der Waals surface area contributed by atoms with E-state index in [-0.39, 0.29) is 16.6 Å². The molecule has 3 aromatic rings. The van der Waals surface area contributed by atoms with Crippen molar-refractivity contribution in [2.75, 3.05) is 13.2 Å². The maximum atomic E-state index is 12.4. The van der Waals surface area contributed by atoms with Crippen molar-refractivity contribution >= 4 is 23.5 Å². The Morgan fingerprint density at radius 1 is 1.12 bits per heavy atom. The van der Waals surface area contributed by atoms with Gasteiger partial charge in [-0.05, 0) is 55.5 Å². The van der Waals surface area contributed by atoms with Crippen LogP contribution in [0.5, 0.6) is 0 Å². The number of halogens is 1. The summed E-state index contributed by atoms with van der Waals surface area (Å²) in [6, 6.07) is 13.4. The molecule has 168 valence electrons. The lowest BCUT2D eigenvalue weighted by Gasteiger charge is -2.10. The summed E-state index contributed by atoms with van der Waals surface area (Å²) in [6.07, 6.45) is 0.691. The maximum absolute atomic E-state index is 12.4. The Bertz CT molecular complexity index is 1110. The quantitative estimate of drug-likeness (QED) is 0.516. The molecular formula is C24H27ClN4O3. The monoisotopic (exact) mass is 454 g/mol. The van der Waals surface area contributed by atoms with E-state index < -0.39 is 12.6 Å². The van der Waals surface area contributed by atoms with Crippen molar-refractivity contribution in [3.63, 3.8) is 0 Å². The van der Waals surface area contributed by atoms with Crippen LogP contribution in [0.2, 0.25) is 5.02 Å². The summed E-state index contributed by atoms with van der Waals surface area (Å²) >= 11 is 6.13. The highest BCUT2D eigenvalue weighted by molar-refractivity contribution is 6.33. The zero-order valence-electron chi connectivity index (χ0n) is 18.7. The number of carbonyl (C=O) groups is 2. The average Bonchev–Trinajstić information content (AvgIpc) is 3.10. The van der Waals surface area contributed by atoms with Gasteiger partial charge in [0.15, 0.2) is 18.1 Å². The highest BCUT2D eigenvalue weighted by Crippen LogP contribution is 2.19. The van der Waals surface area contributed by atoms with E-state index in [1.807, 2.05) is 19.9 Å².